The van der Waals surface area contributed by atoms with Crippen LogP contribution < -0.4 is 5.32 Å². The normalized spacial score (nSPS) is 12.9. The predicted octanol–water partition coefficient (Wildman–Crippen LogP) is 3.19. The van der Waals surface area contributed by atoms with Crippen molar-refractivity contribution < 1.29 is 19.3 Å². The Bertz CT molecular complexity index is 1160. The van der Waals surface area contributed by atoms with Gasteiger partial charge in [0.05, 0.1) is 20.9 Å². The number of hydrogen-bond donors (Lipinski definition) is 1. The molecule has 1 N–H and O–H groups in total. The zero-order valence-corrected chi connectivity index (χ0v) is 16.9. The molecule has 0 saturated heterocycles. The van der Waals surface area contributed by atoms with Crippen LogP contribution >= 0.6 is 22.7 Å². The van der Waals surface area contributed by atoms with Crippen LogP contribution in [0, 0.1) is 10.1 Å². The molecule has 0 fully saturated rings. The minimum atomic E-state index is -0.623. The van der Waals surface area contributed by atoms with Crippen LogP contribution in [0.2, 0.25) is 0 Å². The fourth-order valence-electron chi connectivity index (χ4n) is 2.95. The zero-order chi connectivity index (χ0) is 21.3. The molecular formula is C18H13N5O5S2. The molecular weight excluding hydrogens is 430 g/mol. The van der Waals surface area contributed by atoms with Crippen LogP contribution in [-0.2, 0) is 4.79 Å². The van der Waals surface area contributed by atoms with Crippen LogP contribution in [-0.4, -0.2) is 44.3 Å². The van der Waals surface area contributed by atoms with Gasteiger partial charge in [0.15, 0.2) is 5.01 Å². The van der Waals surface area contributed by atoms with Gasteiger partial charge in [-0.05, 0) is 23.9 Å². The lowest BCUT2D eigenvalue weighted by Crippen LogP contribution is -2.31. The third-order valence-corrected chi connectivity index (χ3v) is 6.23. The number of imide groups is 1. The molecule has 1 aromatic carbocycles. The first kappa shape index (κ1) is 19.8. The molecule has 0 atom stereocenters. The summed E-state index contributed by atoms with van der Waals surface area (Å²) in [5, 5.41) is 24.5. The number of nitro benzene ring substituents is 1. The van der Waals surface area contributed by atoms with Crippen molar-refractivity contribution in [2.75, 3.05) is 11.9 Å². The number of hydrogen-bond acceptors (Lipinski definition) is 9. The van der Waals surface area contributed by atoms with Crippen LogP contribution in [0.15, 0.2) is 35.7 Å². The molecule has 3 aromatic rings. The number of thiophene rings is 1. The maximum absolute atomic E-state index is 12.4. The number of nitro groups is 1. The summed E-state index contributed by atoms with van der Waals surface area (Å²) in [4.78, 5) is 49.2. The molecule has 0 radical (unpaired) electrons. The Kier molecular flexibility index (Phi) is 5.33. The average molecular weight is 443 g/mol. The number of amides is 3. The highest BCUT2D eigenvalue weighted by Gasteiger charge is 2.36. The first-order valence-electron chi connectivity index (χ1n) is 8.76. The van der Waals surface area contributed by atoms with Gasteiger partial charge < -0.3 is 5.32 Å². The SMILES string of the molecule is O=C(CCCN1C(=O)c2ccc([N+](=O)[O-])cc2C1=O)Nc1nnc(-c2cccs2)s1. The van der Waals surface area contributed by atoms with E-state index in [0.717, 1.165) is 15.8 Å². The Morgan fingerprint density at radius 2 is 1.97 bits per heavy atom. The minimum Gasteiger partial charge on any atom is -0.301 e. The van der Waals surface area contributed by atoms with E-state index in [2.05, 4.69) is 15.5 Å². The summed E-state index contributed by atoms with van der Waals surface area (Å²) in [5.41, 5.74) is -0.117. The number of carbonyl (C=O) groups is 3. The summed E-state index contributed by atoms with van der Waals surface area (Å²) < 4.78 is 0. The van der Waals surface area contributed by atoms with Gasteiger partial charge in [0.1, 0.15) is 0 Å². The number of non-ortho nitro benzene ring substituents is 1. The van der Waals surface area contributed by atoms with Gasteiger partial charge in [-0.2, -0.15) is 0 Å². The molecule has 1 aliphatic rings. The highest BCUT2D eigenvalue weighted by molar-refractivity contribution is 7.23. The Balaban J connectivity index is 1.32. The summed E-state index contributed by atoms with van der Waals surface area (Å²) in [5.74, 6) is -1.42. The summed E-state index contributed by atoms with van der Waals surface area (Å²) in [7, 11) is 0. The van der Waals surface area contributed by atoms with Crippen molar-refractivity contribution >= 4 is 51.2 Å². The molecule has 0 saturated carbocycles. The topological polar surface area (TPSA) is 135 Å². The third-order valence-electron chi connectivity index (χ3n) is 4.35. The van der Waals surface area contributed by atoms with Gasteiger partial charge >= 0.3 is 0 Å². The van der Waals surface area contributed by atoms with E-state index in [1.54, 1.807) is 0 Å². The second-order valence-electron chi connectivity index (χ2n) is 6.29. The predicted molar refractivity (Wildman–Crippen MR) is 110 cm³/mol. The van der Waals surface area contributed by atoms with Crippen molar-refractivity contribution in [3.8, 4) is 9.88 Å². The number of rotatable bonds is 7. The molecule has 30 heavy (non-hydrogen) atoms. The maximum atomic E-state index is 12.4. The number of nitrogens with zero attached hydrogens (tertiary/aromatic N) is 4. The number of carbonyl (C=O) groups excluding carboxylic acids is 3. The molecule has 152 valence electrons. The molecule has 2 aromatic heterocycles. The summed E-state index contributed by atoms with van der Waals surface area (Å²) in [6.07, 6.45) is 0.317. The molecule has 12 heteroatoms. The fraction of sp³-hybridized carbons (Fsp3) is 0.167. The van der Waals surface area contributed by atoms with Gasteiger partial charge in [-0.15, -0.1) is 21.5 Å². The third kappa shape index (κ3) is 3.82. The molecule has 0 spiro atoms. The van der Waals surface area contributed by atoms with E-state index < -0.39 is 16.7 Å². The molecule has 1 aliphatic heterocycles. The summed E-state index contributed by atoms with van der Waals surface area (Å²) in [6, 6.07) is 7.38. The van der Waals surface area contributed by atoms with Gasteiger partial charge in [0.25, 0.3) is 17.5 Å². The number of aromatic nitrogens is 2. The molecule has 3 heterocycles. The van der Waals surface area contributed by atoms with E-state index in [-0.39, 0.29) is 42.1 Å². The first-order chi connectivity index (χ1) is 14.4. The van der Waals surface area contributed by atoms with Crippen molar-refractivity contribution in [1.29, 1.82) is 0 Å². The smallest absolute Gasteiger partial charge is 0.270 e. The van der Waals surface area contributed by atoms with E-state index in [0.29, 0.717) is 10.1 Å². The number of fused-ring (bicyclic) bond motifs is 1. The molecule has 4 rings (SSSR count). The van der Waals surface area contributed by atoms with E-state index in [9.17, 15) is 24.5 Å². The first-order valence-corrected chi connectivity index (χ1v) is 10.5. The van der Waals surface area contributed by atoms with E-state index in [1.165, 1.54) is 34.8 Å². The number of nitrogens with one attached hydrogen (secondary N) is 1. The largest absolute Gasteiger partial charge is 0.301 e. The van der Waals surface area contributed by atoms with Crippen molar-refractivity contribution in [3.63, 3.8) is 0 Å². The average Bonchev–Trinajstić information content (AvgIpc) is 3.45. The highest BCUT2D eigenvalue weighted by Crippen LogP contribution is 2.30. The molecule has 0 bridgehead atoms. The lowest BCUT2D eigenvalue weighted by atomic mass is 10.1. The van der Waals surface area contributed by atoms with E-state index >= 15 is 0 Å². The van der Waals surface area contributed by atoms with Gasteiger partial charge in [-0.1, -0.05) is 17.4 Å². The van der Waals surface area contributed by atoms with Gasteiger partial charge in [-0.25, -0.2) is 0 Å². The second kappa shape index (κ2) is 8.08. The molecule has 3 amide bonds. The Morgan fingerprint density at radius 1 is 1.17 bits per heavy atom. The van der Waals surface area contributed by atoms with Gasteiger partial charge in [-0.3, -0.25) is 29.4 Å². The molecule has 0 aliphatic carbocycles. The molecule has 10 nitrogen and oxygen atoms in total. The standard InChI is InChI=1S/C18H13N5O5S2/c24-14(19-18-21-20-15(30-18)13-3-2-8-29-13)4-1-7-22-16(25)11-6-5-10(23(27)28)9-12(11)17(22)26/h2-3,5-6,8-9H,1,4,7H2,(H,19,21,24). The van der Waals surface area contributed by atoms with Crippen LogP contribution in [0.4, 0.5) is 10.8 Å². The Labute approximate surface area is 177 Å². The zero-order valence-electron chi connectivity index (χ0n) is 15.2. The Hall–Kier alpha value is -3.51. The van der Waals surface area contributed by atoms with Crippen LogP contribution in [0.1, 0.15) is 33.6 Å². The van der Waals surface area contributed by atoms with Crippen molar-refractivity contribution in [2.45, 2.75) is 12.8 Å². The van der Waals surface area contributed by atoms with Crippen molar-refractivity contribution in [2.24, 2.45) is 0 Å². The monoisotopic (exact) mass is 443 g/mol. The quantitative estimate of drug-likeness (QED) is 0.336. The second-order valence-corrected chi connectivity index (χ2v) is 8.22. The highest BCUT2D eigenvalue weighted by atomic mass is 32.1. The molecule has 0 unspecified atom stereocenters. The maximum Gasteiger partial charge on any atom is 0.270 e. The van der Waals surface area contributed by atoms with E-state index in [4.69, 9.17) is 0 Å². The fourth-order valence-corrected chi connectivity index (χ4v) is 4.50. The van der Waals surface area contributed by atoms with E-state index in [1.807, 2.05) is 17.5 Å². The summed E-state index contributed by atoms with van der Waals surface area (Å²) >= 11 is 2.78. The van der Waals surface area contributed by atoms with Crippen molar-refractivity contribution in [3.05, 3.63) is 57.0 Å². The minimum absolute atomic E-state index is 0.00798. The number of benzene rings is 1. The van der Waals surface area contributed by atoms with Crippen LogP contribution in [0.5, 0.6) is 0 Å². The van der Waals surface area contributed by atoms with Crippen LogP contribution in [0.25, 0.3) is 9.88 Å². The van der Waals surface area contributed by atoms with Crippen molar-refractivity contribution in [1.82, 2.24) is 15.1 Å². The lowest BCUT2D eigenvalue weighted by molar-refractivity contribution is -0.384. The lowest BCUT2D eigenvalue weighted by Gasteiger charge is -2.13. The van der Waals surface area contributed by atoms with Gasteiger partial charge in [0, 0.05) is 25.1 Å². The Morgan fingerprint density at radius 3 is 2.70 bits per heavy atom. The van der Waals surface area contributed by atoms with Gasteiger partial charge in [0.2, 0.25) is 11.0 Å². The van der Waals surface area contributed by atoms with Crippen LogP contribution in [0.3, 0.4) is 0 Å². The summed E-state index contributed by atoms with van der Waals surface area (Å²) in [6.45, 7) is 0.0319. The number of anilines is 1.